The van der Waals surface area contributed by atoms with Crippen molar-refractivity contribution in [1.82, 2.24) is 10.6 Å². The summed E-state index contributed by atoms with van der Waals surface area (Å²) < 4.78 is 10.6. The summed E-state index contributed by atoms with van der Waals surface area (Å²) >= 11 is 5.30. The second kappa shape index (κ2) is 7.97. The van der Waals surface area contributed by atoms with Crippen LogP contribution < -0.4 is 15.4 Å². The van der Waals surface area contributed by atoms with Crippen LogP contribution in [0.1, 0.15) is 25.5 Å². The second-order valence-corrected chi connectivity index (χ2v) is 6.09. The van der Waals surface area contributed by atoms with Gasteiger partial charge in [-0.1, -0.05) is 38.6 Å². The summed E-state index contributed by atoms with van der Waals surface area (Å²) in [6.07, 6.45) is 1.68. The number of esters is 1. The van der Waals surface area contributed by atoms with Crippen molar-refractivity contribution in [1.29, 1.82) is 0 Å². The molecular weight excluding hydrogens is 324 g/mol. The van der Waals surface area contributed by atoms with E-state index in [4.69, 9.17) is 21.7 Å². The largest absolute Gasteiger partial charge is 0.490 e. The van der Waals surface area contributed by atoms with Crippen LogP contribution in [0.2, 0.25) is 0 Å². The standard InChI is InChI=1S/C18H22N2O3S/c1-5-9-23-13-8-6-7-12(10-13)16-14(17(21)22-4)15(11(2)3)19-18(24)20-16/h5-8,10-11,16H,1,9H2,2-4H3,(H2,19,20,24)/t16-/m1/s1. The van der Waals surface area contributed by atoms with Gasteiger partial charge in [-0.25, -0.2) is 4.79 Å². The molecule has 0 fully saturated rings. The molecule has 5 nitrogen and oxygen atoms in total. The summed E-state index contributed by atoms with van der Waals surface area (Å²) in [6.45, 7) is 8.06. The third kappa shape index (κ3) is 3.94. The maximum Gasteiger partial charge on any atom is 0.337 e. The Morgan fingerprint density at radius 2 is 2.21 bits per heavy atom. The van der Waals surface area contributed by atoms with Crippen molar-refractivity contribution in [3.63, 3.8) is 0 Å². The van der Waals surface area contributed by atoms with Gasteiger partial charge >= 0.3 is 5.97 Å². The fourth-order valence-corrected chi connectivity index (χ4v) is 2.79. The normalized spacial score (nSPS) is 17.2. The van der Waals surface area contributed by atoms with Crippen molar-refractivity contribution in [3.05, 3.63) is 53.8 Å². The number of thiocarbonyl (C=S) groups is 1. The molecule has 0 radical (unpaired) electrons. The minimum Gasteiger partial charge on any atom is -0.490 e. The zero-order valence-corrected chi connectivity index (χ0v) is 14.9. The molecule has 1 aromatic carbocycles. The van der Waals surface area contributed by atoms with Crippen LogP contribution in [0.3, 0.4) is 0 Å². The molecule has 1 aliphatic heterocycles. The molecule has 0 aliphatic carbocycles. The molecule has 0 bridgehead atoms. The van der Waals surface area contributed by atoms with Crippen LogP contribution >= 0.6 is 12.2 Å². The maximum atomic E-state index is 12.4. The third-order valence-corrected chi connectivity index (χ3v) is 3.86. The van der Waals surface area contributed by atoms with Gasteiger partial charge in [-0.15, -0.1) is 0 Å². The lowest BCUT2D eigenvalue weighted by molar-refractivity contribution is -0.136. The molecule has 0 saturated heterocycles. The van der Waals surface area contributed by atoms with Gasteiger partial charge in [0.05, 0.1) is 18.7 Å². The van der Waals surface area contributed by atoms with E-state index >= 15 is 0 Å². The molecule has 0 spiro atoms. The predicted octanol–water partition coefficient (Wildman–Crippen LogP) is 2.85. The van der Waals surface area contributed by atoms with Crippen molar-refractivity contribution in [2.24, 2.45) is 5.92 Å². The van der Waals surface area contributed by atoms with Crippen molar-refractivity contribution in [2.75, 3.05) is 13.7 Å². The van der Waals surface area contributed by atoms with E-state index in [1.807, 2.05) is 38.1 Å². The summed E-state index contributed by atoms with van der Waals surface area (Å²) in [4.78, 5) is 12.4. The Kier molecular flexibility index (Phi) is 5.98. The Bertz CT molecular complexity index is 683. The van der Waals surface area contributed by atoms with E-state index in [1.165, 1.54) is 7.11 Å². The van der Waals surface area contributed by atoms with Crippen molar-refractivity contribution in [2.45, 2.75) is 19.9 Å². The molecule has 1 aliphatic rings. The van der Waals surface area contributed by atoms with Gasteiger partial charge in [0, 0.05) is 5.70 Å². The minimum absolute atomic E-state index is 0.0989. The average Bonchev–Trinajstić information content (AvgIpc) is 2.58. The number of methoxy groups -OCH3 is 1. The SMILES string of the molecule is C=CCOc1cccc([C@H]2NC(=S)NC(C(C)C)=C2C(=O)OC)c1. The van der Waals surface area contributed by atoms with Gasteiger partial charge in [0.25, 0.3) is 0 Å². The van der Waals surface area contributed by atoms with E-state index in [-0.39, 0.29) is 11.9 Å². The number of ether oxygens (including phenoxy) is 2. The number of nitrogens with one attached hydrogen (secondary N) is 2. The maximum absolute atomic E-state index is 12.4. The van der Waals surface area contributed by atoms with E-state index in [0.29, 0.717) is 23.0 Å². The first-order valence-corrected chi connectivity index (χ1v) is 8.12. The first-order valence-electron chi connectivity index (χ1n) is 7.71. The van der Waals surface area contributed by atoms with E-state index in [1.54, 1.807) is 6.08 Å². The molecule has 0 unspecified atom stereocenters. The number of carbonyl (C=O) groups excluding carboxylic acids is 1. The molecule has 2 rings (SSSR count). The fourth-order valence-electron chi connectivity index (χ4n) is 2.57. The molecule has 1 heterocycles. The van der Waals surface area contributed by atoms with Crippen LogP contribution in [0, 0.1) is 5.92 Å². The Hall–Kier alpha value is -2.34. The summed E-state index contributed by atoms with van der Waals surface area (Å²) in [6, 6.07) is 7.15. The lowest BCUT2D eigenvalue weighted by Gasteiger charge is -2.32. The van der Waals surface area contributed by atoms with E-state index in [2.05, 4.69) is 17.2 Å². The van der Waals surface area contributed by atoms with Crippen molar-refractivity contribution < 1.29 is 14.3 Å². The van der Waals surface area contributed by atoms with Gasteiger partial charge in [-0.3, -0.25) is 0 Å². The third-order valence-electron chi connectivity index (χ3n) is 3.64. The first-order chi connectivity index (χ1) is 11.5. The van der Waals surface area contributed by atoms with Crippen LogP contribution in [0.5, 0.6) is 5.75 Å². The monoisotopic (exact) mass is 346 g/mol. The highest BCUT2D eigenvalue weighted by Gasteiger charge is 2.33. The van der Waals surface area contributed by atoms with Gasteiger partial charge in [-0.2, -0.15) is 0 Å². The Morgan fingerprint density at radius 1 is 1.46 bits per heavy atom. The number of hydrogen-bond acceptors (Lipinski definition) is 4. The van der Waals surface area contributed by atoms with Gasteiger partial charge in [0.2, 0.25) is 0 Å². The molecule has 2 N–H and O–H groups in total. The smallest absolute Gasteiger partial charge is 0.337 e. The summed E-state index contributed by atoms with van der Waals surface area (Å²) in [5.74, 6) is 0.416. The van der Waals surface area contributed by atoms with Crippen LogP contribution in [-0.2, 0) is 9.53 Å². The highest BCUT2D eigenvalue weighted by Crippen LogP contribution is 2.31. The Labute approximate surface area is 147 Å². The summed E-state index contributed by atoms with van der Waals surface area (Å²) in [5, 5.41) is 6.72. The molecule has 0 amide bonds. The van der Waals surface area contributed by atoms with E-state index < -0.39 is 6.04 Å². The summed E-state index contributed by atoms with van der Waals surface area (Å²) in [7, 11) is 1.38. The van der Waals surface area contributed by atoms with Gasteiger partial charge < -0.3 is 20.1 Å². The minimum atomic E-state index is -0.393. The first kappa shape index (κ1) is 18.0. The number of benzene rings is 1. The van der Waals surface area contributed by atoms with Crippen LogP contribution in [-0.4, -0.2) is 24.8 Å². The van der Waals surface area contributed by atoms with Crippen LogP contribution in [0.15, 0.2) is 48.2 Å². The Morgan fingerprint density at radius 3 is 2.83 bits per heavy atom. The number of allylic oxidation sites excluding steroid dienone is 1. The van der Waals surface area contributed by atoms with Gasteiger partial charge in [0.15, 0.2) is 5.11 Å². The fraction of sp³-hybridized carbons (Fsp3) is 0.333. The molecule has 0 aromatic heterocycles. The molecule has 1 aromatic rings. The number of carbonyl (C=O) groups is 1. The zero-order valence-electron chi connectivity index (χ0n) is 14.1. The van der Waals surface area contributed by atoms with Crippen molar-refractivity contribution in [3.8, 4) is 5.75 Å². The molecule has 1 atom stereocenters. The predicted molar refractivity (Wildman–Crippen MR) is 97.6 cm³/mol. The molecule has 128 valence electrons. The molecule has 24 heavy (non-hydrogen) atoms. The highest BCUT2D eigenvalue weighted by molar-refractivity contribution is 7.80. The van der Waals surface area contributed by atoms with E-state index in [0.717, 1.165) is 11.3 Å². The van der Waals surface area contributed by atoms with Gasteiger partial charge in [0.1, 0.15) is 12.4 Å². The molecular formula is C18H22N2O3S. The van der Waals surface area contributed by atoms with Crippen LogP contribution in [0.25, 0.3) is 0 Å². The lowest BCUT2D eigenvalue weighted by atomic mass is 9.91. The Balaban J connectivity index is 2.49. The van der Waals surface area contributed by atoms with Crippen LogP contribution in [0.4, 0.5) is 0 Å². The zero-order chi connectivity index (χ0) is 17.7. The lowest BCUT2D eigenvalue weighted by Crippen LogP contribution is -2.46. The van der Waals surface area contributed by atoms with Crippen molar-refractivity contribution >= 4 is 23.3 Å². The molecule has 0 saturated carbocycles. The quantitative estimate of drug-likeness (QED) is 0.469. The summed E-state index contributed by atoms with van der Waals surface area (Å²) in [5.41, 5.74) is 2.17. The topological polar surface area (TPSA) is 59.6 Å². The second-order valence-electron chi connectivity index (χ2n) is 5.68. The molecule has 6 heteroatoms. The average molecular weight is 346 g/mol. The number of rotatable bonds is 6. The van der Waals surface area contributed by atoms with Gasteiger partial charge in [-0.05, 0) is 35.8 Å². The highest BCUT2D eigenvalue weighted by atomic mass is 32.1. The number of hydrogen-bond donors (Lipinski definition) is 2. The van der Waals surface area contributed by atoms with E-state index in [9.17, 15) is 4.79 Å².